The van der Waals surface area contributed by atoms with Crippen LogP contribution < -0.4 is 0 Å². The zero-order valence-corrected chi connectivity index (χ0v) is 22.9. The van der Waals surface area contributed by atoms with Crippen molar-refractivity contribution in [3.8, 4) is 0 Å². The third-order valence-electron chi connectivity index (χ3n) is 4.47. The van der Waals surface area contributed by atoms with Crippen LogP contribution >= 0.6 is 51.5 Å². The van der Waals surface area contributed by atoms with Crippen molar-refractivity contribution in [2.75, 3.05) is 11.2 Å². The van der Waals surface area contributed by atoms with Crippen LogP contribution in [0.1, 0.15) is 109 Å². The largest absolute Gasteiger partial charge is 0.147 e. The van der Waals surface area contributed by atoms with Crippen molar-refractivity contribution in [3.63, 3.8) is 0 Å². The average molecular weight is 533 g/mol. The summed E-state index contributed by atoms with van der Waals surface area (Å²) in [7, 11) is 0. The molecule has 0 atom stereocenters. The van der Waals surface area contributed by atoms with E-state index in [4.69, 9.17) is 23.2 Å². The van der Waals surface area contributed by atoms with Crippen LogP contribution in [-0.4, -0.2) is 11.2 Å². The molecule has 0 saturated carbocycles. The first kappa shape index (κ1) is 34.2. The van der Waals surface area contributed by atoms with Gasteiger partial charge in [0.1, 0.15) is 0 Å². The molecular formula is C25H46BrCl3. The fourth-order valence-electron chi connectivity index (χ4n) is 2.67. The number of rotatable bonds is 15. The van der Waals surface area contributed by atoms with Gasteiger partial charge in [-0.15, -0.1) is 35.6 Å². The van der Waals surface area contributed by atoms with E-state index in [1.165, 1.54) is 101 Å². The summed E-state index contributed by atoms with van der Waals surface area (Å²) in [5.41, 5.74) is 1.18. The average Bonchev–Trinajstić information content (AvgIpc) is 2.74. The molecule has 174 valence electrons. The maximum Gasteiger partial charge on any atom is 0.0474 e. The predicted octanol–water partition coefficient (Wildman–Crippen LogP) is 11.0. The quantitative estimate of drug-likeness (QED) is 0.156. The molecule has 1 aromatic carbocycles. The van der Waals surface area contributed by atoms with Crippen LogP contribution in [0.5, 0.6) is 0 Å². The highest BCUT2D eigenvalue weighted by Gasteiger charge is 1.91. The number of unbranched alkanes of at least 4 members (excludes halogenated alkanes) is 12. The molecule has 0 aliphatic carbocycles. The molecule has 4 heteroatoms. The lowest BCUT2D eigenvalue weighted by Crippen LogP contribution is -1.81. The van der Waals surface area contributed by atoms with Crippen molar-refractivity contribution >= 4 is 51.5 Å². The van der Waals surface area contributed by atoms with Gasteiger partial charge in [-0.05, 0) is 18.4 Å². The second-order valence-corrected chi connectivity index (χ2v) is 8.68. The van der Waals surface area contributed by atoms with Crippen molar-refractivity contribution in [1.82, 2.24) is 0 Å². The van der Waals surface area contributed by atoms with Gasteiger partial charge in [0.2, 0.25) is 0 Å². The van der Waals surface area contributed by atoms with Crippen molar-refractivity contribution < 1.29 is 0 Å². The number of hydrogen-bond donors (Lipinski definition) is 0. The van der Waals surface area contributed by atoms with Crippen LogP contribution in [0.2, 0.25) is 0 Å². The fraction of sp³-hybridized carbons (Fsp3) is 0.760. The van der Waals surface area contributed by atoms with Gasteiger partial charge >= 0.3 is 0 Å². The van der Waals surface area contributed by atoms with Crippen molar-refractivity contribution in [1.29, 1.82) is 0 Å². The van der Waals surface area contributed by atoms with Gasteiger partial charge < -0.3 is 0 Å². The Balaban J connectivity index is -0.000000365. The monoisotopic (exact) mass is 530 g/mol. The minimum absolute atomic E-state index is 0. The molecule has 29 heavy (non-hydrogen) atoms. The van der Waals surface area contributed by atoms with E-state index in [9.17, 15) is 0 Å². The Bertz CT molecular complexity index is 346. The molecule has 1 aromatic rings. The predicted molar refractivity (Wildman–Crippen MR) is 144 cm³/mol. The third kappa shape index (κ3) is 33.4. The second kappa shape index (κ2) is 33.2. The first-order chi connectivity index (χ1) is 13.8. The van der Waals surface area contributed by atoms with Gasteiger partial charge in [0.25, 0.3) is 0 Å². The highest BCUT2D eigenvalue weighted by Crippen LogP contribution is 2.10. The molecule has 0 aliphatic rings. The highest BCUT2D eigenvalue weighted by atomic mass is 79.9. The molecule has 1 rings (SSSR count). The van der Waals surface area contributed by atoms with E-state index < -0.39 is 0 Å². The molecule has 0 N–H and O–H groups in total. The van der Waals surface area contributed by atoms with Crippen LogP contribution in [0.15, 0.2) is 30.3 Å². The first-order valence-corrected chi connectivity index (χ1v) is 13.7. The standard InChI is InChI=1S/C12H25Br.C7H7Cl.C6H13Cl.ClH/c1-2-3-4-5-6-7-8-9-10-11-12-13;8-6-7-4-2-1-3-5-7;1-2-3-4-5-6-7;/h2-12H2,1H3;1-5H,6H2;2-6H2,1H3;1H. The Hall–Kier alpha value is 0.570. The van der Waals surface area contributed by atoms with Crippen molar-refractivity contribution in [2.24, 2.45) is 0 Å². The lowest BCUT2D eigenvalue weighted by Gasteiger charge is -2.00. The summed E-state index contributed by atoms with van der Waals surface area (Å²) in [6.45, 7) is 4.48. The zero-order chi connectivity index (χ0) is 21.1. The summed E-state index contributed by atoms with van der Waals surface area (Å²) in [6, 6.07) is 9.96. The van der Waals surface area contributed by atoms with Crippen molar-refractivity contribution in [2.45, 2.75) is 110 Å². The normalized spacial score (nSPS) is 9.55. The maximum atomic E-state index is 5.53. The van der Waals surface area contributed by atoms with E-state index in [-0.39, 0.29) is 12.4 Å². The molecule has 0 unspecified atom stereocenters. The Morgan fingerprint density at radius 1 is 0.621 bits per heavy atom. The molecule has 0 saturated heterocycles. The van der Waals surface area contributed by atoms with Crippen LogP contribution in [0.4, 0.5) is 0 Å². The van der Waals surface area contributed by atoms with E-state index in [1.54, 1.807) is 0 Å². The molecule has 0 aliphatic heterocycles. The van der Waals surface area contributed by atoms with E-state index >= 15 is 0 Å². The summed E-state index contributed by atoms with van der Waals surface area (Å²) in [6.07, 6.45) is 19.5. The summed E-state index contributed by atoms with van der Waals surface area (Å²) < 4.78 is 0. The smallest absolute Gasteiger partial charge is 0.0474 e. The Kier molecular flexibility index (Phi) is 39.2. The van der Waals surface area contributed by atoms with Gasteiger partial charge in [-0.25, -0.2) is 0 Å². The van der Waals surface area contributed by atoms with Gasteiger partial charge in [0, 0.05) is 17.1 Å². The lowest BCUT2D eigenvalue weighted by molar-refractivity contribution is 0.563. The lowest BCUT2D eigenvalue weighted by atomic mass is 10.1. The van der Waals surface area contributed by atoms with Gasteiger partial charge in [0.05, 0.1) is 0 Å². The van der Waals surface area contributed by atoms with E-state index in [1.807, 2.05) is 30.3 Å². The van der Waals surface area contributed by atoms with Crippen LogP contribution in [-0.2, 0) is 5.88 Å². The van der Waals surface area contributed by atoms with Crippen LogP contribution in [0.25, 0.3) is 0 Å². The van der Waals surface area contributed by atoms with Gasteiger partial charge in [-0.2, -0.15) is 0 Å². The molecule has 0 amide bonds. The van der Waals surface area contributed by atoms with E-state index in [0.717, 1.165) is 5.88 Å². The Morgan fingerprint density at radius 2 is 1.03 bits per heavy atom. The number of halogens is 4. The molecular weight excluding hydrogens is 487 g/mol. The molecule has 0 aromatic heterocycles. The SMILES string of the molecule is CCCCCCCCCCCCBr.CCCCCCCl.Cl.ClCc1ccccc1. The van der Waals surface area contributed by atoms with E-state index in [2.05, 4.69) is 29.8 Å². The Morgan fingerprint density at radius 3 is 1.38 bits per heavy atom. The Labute approximate surface area is 207 Å². The van der Waals surface area contributed by atoms with Gasteiger partial charge in [-0.3, -0.25) is 0 Å². The highest BCUT2D eigenvalue weighted by molar-refractivity contribution is 9.09. The molecule has 0 spiro atoms. The molecule has 0 nitrogen and oxygen atoms in total. The van der Waals surface area contributed by atoms with Crippen LogP contribution in [0.3, 0.4) is 0 Å². The number of alkyl halides is 3. The molecule has 0 fully saturated rings. The molecule has 0 bridgehead atoms. The summed E-state index contributed by atoms with van der Waals surface area (Å²) in [4.78, 5) is 0. The van der Waals surface area contributed by atoms with Crippen molar-refractivity contribution in [3.05, 3.63) is 35.9 Å². The summed E-state index contributed by atoms with van der Waals surface area (Å²) in [5.74, 6) is 1.45. The second-order valence-electron chi connectivity index (χ2n) is 7.24. The van der Waals surface area contributed by atoms with E-state index in [0.29, 0.717) is 5.88 Å². The topological polar surface area (TPSA) is 0 Å². The van der Waals surface area contributed by atoms with Gasteiger partial charge in [-0.1, -0.05) is 137 Å². The van der Waals surface area contributed by atoms with Crippen LogP contribution in [0, 0.1) is 0 Å². The fourth-order valence-corrected chi connectivity index (χ4v) is 3.43. The molecule has 0 radical (unpaired) electrons. The number of benzene rings is 1. The minimum Gasteiger partial charge on any atom is -0.147 e. The molecule has 0 heterocycles. The zero-order valence-electron chi connectivity index (χ0n) is 18.9. The maximum absolute atomic E-state index is 5.53. The summed E-state index contributed by atoms with van der Waals surface area (Å²) in [5, 5.41) is 1.18. The van der Waals surface area contributed by atoms with Gasteiger partial charge in [0.15, 0.2) is 0 Å². The summed E-state index contributed by atoms with van der Waals surface area (Å²) >= 11 is 14.4. The third-order valence-corrected chi connectivity index (χ3v) is 5.61. The minimum atomic E-state index is 0. The first-order valence-electron chi connectivity index (χ1n) is 11.5. The number of hydrogen-bond acceptors (Lipinski definition) is 0.